The lowest BCUT2D eigenvalue weighted by Gasteiger charge is -2.08. The summed E-state index contributed by atoms with van der Waals surface area (Å²) in [5.41, 5.74) is 1.93. The molecule has 1 aliphatic carbocycles. The molecule has 132 valence electrons. The molecular formula is C19H23N3O3. The Hall–Kier alpha value is -2.63. The number of aryl methyl sites for hydroxylation is 1. The number of aromatic nitrogens is 2. The molecule has 0 aliphatic heterocycles. The molecule has 1 N–H and O–H groups in total. The minimum atomic E-state index is -0.0515. The monoisotopic (exact) mass is 341 g/mol. The maximum Gasteiger partial charge on any atom is 0.253 e. The summed E-state index contributed by atoms with van der Waals surface area (Å²) in [4.78, 5) is 28.3. The van der Waals surface area contributed by atoms with Gasteiger partial charge in [0.25, 0.3) is 5.56 Å². The number of hydrogen-bond acceptors (Lipinski definition) is 4. The number of amides is 1. The molecule has 1 aromatic carbocycles. The number of ether oxygens (including phenoxy) is 1. The molecule has 6 heteroatoms. The number of hydrogen-bond donors (Lipinski definition) is 1. The number of nitrogens with zero attached hydrogens (tertiary/aromatic N) is 2. The zero-order valence-corrected chi connectivity index (χ0v) is 14.4. The van der Waals surface area contributed by atoms with E-state index in [4.69, 9.17) is 4.74 Å². The maximum atomic E-state index is 12.0. The predicted molar refractivity (Wildman–Crippen MR) is 94.8 cm³/mol. The lowest BCUT2D eigenvalue weighted by Crippen LogP contribution is -2.31. The van der Waals surface area contributed by atoms with Crippen molar-refractivity contribution in [1.82, 2.24) is 14.9 Å². The lowest BCUT2D eigenvalue weighted by molar-refractivity contribution is -0.121. The molecule has 1 fully saturated rings. The van der Waals surface area contributed by atoms with Crippen LogP contribution >= 0.6 is 0 Å². The van der Waals surface area contributed by atoms with Crippen LogP contribution < -0.4 is 15.6 Å². The average molecular weight is 341 g/mol. The van der Waals surface area contributed by atoms with Crippen molar-refractivity contribution in [1.29, 1.82) is 0 Å². The summed E-state index contributed by atoms with van der Waals surface area (Å²) in [7, 11) is 1.63. The van der Waals surface area contributed by atoms with E-state index in [-0.39, 0.29) is 11.5 Å². The number of nitrogens with one attached hydrogen (secondary N) is 1. The largest absolute Gasteiger partial charge is 0.497 e. The van der Waals surface area contributed by atoms with E-state index >= 15 is 0 Å². The second kappa shape index (κ2) is 7.96. The van der Waals surface area contributed by atoms with Crippen molar-refractivity contribution < 1.29 is 9.53 Å². The normalized spacial score (nSPS) is 13.5. The van der Waals surface area contributed by atoms with Gasteiger partial charge in [-0.2, -0.15) is 0 Å². The van der Waals surface area contributed by atoms with Crippen LogP contribution in [0.25, 0.3) is 0 Å². The Labute approximate surface area is 146 Å². The van der Waals surface area contributed by atoms with Gasteiger partial charge < -0.3 is 10.1 Å². The third-order valence-electron chi connectivity index (χ3n) is 4.37. The first kappa shape index (κ1) is 17.2. The second-order valence-electron chi connectivity index (χ2n) is 6.32. The fourth-order valence-electron chi connectivity index (χ4n) is 2.66. The highest BCUT2D eigenvalue weighted by Gasteiger charge is 2.25. The van der Waals surface area contributed by atoms with E-state index in [1.807, 2.05) is 24.3 Å². The standard InChI is InChI=1S/C19H23N3O3/c1-25-16-7-2-14(3-8-16)4-9-18(23)20-10-11-22-13-21-17(12-19(22)24)15-5-6-15/h2-3,7-8,12-13,15H,4-6,9-11H2,1H3,(H,20,23). The Morgan fingerprint density at radius 1 is 1.32 bits per heavy atom. The first-order valence-electron chi connectivity index (χ1n) is 8.62. The van der Waals surface area contributed by atoms with Crippen molar-refractivity contribution in [2.75, 3.05) is 13.7 Å². The maximum absolute atomic E-state index is 12.0. The van der Waals surface area contributed by atoms with Crippen molar-refractivity contribution >= 4 is 5.91 Å². The summed E-state index contributed by atoms with van der Waals surface area (Å²) in [6.07, 6.45) is 4.93. The van der Waals surface area contributed by atoms with Gasteiger partial charge in [-0.1, -0.05) is 12.1 Å². The molecule has 0 saturated heterocycles. The molecule has 0 unspecified atom stereocenters. The molecule has 0 radical (unpaired) electrons. The van der Waals surface area contributed by atoms with Crippen LogP contribution in [0.4, 0.5) is 0 Å². The van der Waals surface area contributed by atoms with Gasteiger partial charge in [0.2, 0.25) is 5.91 Å². The smallest absolute Gasteiger partial charge is 0.253 e. The highest BCUT2D eigenvalue weighted by Crippen LogP contribution is 2.38. The Bertz CT molecular complexity index is 779. The summed E-state index contributed by atoms with van der Waals surface area (Å²) in [6, 6.07) is 9.30. The minimum absolute atomic E-state index is 0.0218. The van der Waals surface area contributed by atoms with Crippen LogP contribution in [-0.2, 0) is 17.8 Å². The first-order valence-corrected chi connectivity index (χ1v) is 8.62. The van der Waals surface area contributed by atoms with Crippen LogP contribution in [0.1, 0.15) is 36.4 Å². The molecule has 0 atom stereocenters. The van der Waals surface area contributed by atoms with Gasteiger partial charge in [-0.05, 0) is 37.0 Å². The Morgan fingerprint density at radius 2 is 2.08 bits per heavy atom. The number of benzene rings is 1. The van der Waals surface area contributed by atoms with Crippen molar-refractivity contribution in [3.05, 3.63) is 58.3 Å². The zero-order chi connectivity index (χ0) is 17.6. The summed E-state index contributed by atoms with van der Waals surface area (Å²) in [5, 5.41) is 2.85. The first-order chi connectivity index (χ1) is 12.2. The van der Waals surface area contributed by atoms with Gasteiger partial charge in [0.15, 0.2) is 0 Å². The molecule has 1 saturated carbocycles. The van der Waals surface area contributed by atoms with Crippen molar-refractivity contribution in [3.8, 4) is 5.75 Å². The fraction of sp³-hybridized carbons (Fsp3) is 0.421. The van der Waals surface area contributed by atoms with Crippen molar-refractivity contribution in [2.24, 2.45) is 0 Å². The van der Waals surface area contributed by atoms with Gasteiger partial charge in [0.05, 0.1) is 19.1 Å². The molecule has 6 nitrogen and oxygen atoms in total. The minimum Gasteiger partial charge on any atom is -0.497 e. The molecule has 0 bridgehead atoms. The van der Waals surface area contributed by atoms with E-state index in [1.165, 1.54) is 4.57 Å². The van der Waals surface area contributed by atoms with Gasteiger partial charge >= 0.3 is 0 Å². The summed E-state index contributed by atoms with van der Waals surface area (Å²) in [5.74, 6) is 1.26. The number of carbonyl (C=O) groups is 1. The quantitative estimate of drug-likeness (QED) is 0.796. The third-order valence-corrected chi connectivity index (χ3v) is 4.37. The van der Waals surface area contributed by atoms with E-state index in [9.17, 15) is 9.59 Å². The number of rotatable bonds is 8. The molecule has 1 aliphatic rings. The molecule has 2 aromatic rings. The molecule has 25 heavy (non-hydrogen) atoms. The molecule has 3 rings (SSSR count). The molecule has 1 heterocycles. The van der Waals surface area contributed by atoms with Crippen LogP contribution in [0, 0.1) is 0 Å². The molecule has 1 aromatic heterocycles. The highest BCUT2D eigenvalue weighted by atomic mass is 16.5. The Balaban J connectivity index is 1.40. The SMILES string of the molecule is COc1ccc(CCC(=O)NCCn2cnc(C3CC3)cc2=O)cc1. The van der Waals surface area contributed by atoms with Crippen LogP contribution in [0.5, 0.6) is 5.75 Å². The molecular weight excluding hydrogens is 318 g/mol. The van der Waals surface area contributed by atoms with Gasteiger partial charge in [0, 0.05) is 31.5 Å². The summed E-state index contributed by atoms with van der Waals surface area (Å²) in [6.45, 7) is 0.858. The Kier molecular flexibility index (Phi) is 5.48. The van der Waals surface area contributed by atoms with E-state index in [0.717, 1.165) is 29.8 Å². The summed E-state index contributed by atoms with van der Waals surface area (Å²) >= 11 is 0. The van der Waals surface area contributed by atoms with Gasteiger partial charge in [-0.25, -0.2) is 4.98 Å². The number of methoxy groups -OCH3 is 1. The highest BCUT2D eigenvalue weighted by molar-refractivity contribution is 5.76. The van der Waals surface area contributed by atoms with E-state index in [0.29, 0.717) is 31.8 Å². The number of carbonyl (C=O) groups excluding carboxylic acids is 1. The van der Waals surface area contributed by atoms with Crippen LogP contribution in [0.3, 0.4) is 0 Å². The van der Waals surface area contributed by atoms with Crippen LogP contribution in [-0.4, -0.2) is 29.1 Å². The van der Waals surface area contributed by atoms with Crippen molar-refractivity contribution in [2.45, 2.75) is 38.1 Å². The van der Waals surface area contributed by atoms with Crippen LogP contribution in [0.2, 0.25) is 0 Å². The predicted octanol–water partition coefficient (Wildman–Crippen LogP) is 1.88. The van der Waals surface area contributed by atoms with Crippen LogP contribution in [0.15, 0.2) is 41.5 Å². The van der Waals surface area contributed by atoms with Gasteiger partial charge in [-0.3, -0.25) is 14.2 Å². The fourth-order valence-corrected chi connectivity index (χ4v) is 2.66. The topological polar surface area (TPSA) is 73.2 Å². The van der Waals surface area contributed by atoms with E-state index in [2.05, 4.69) is 10.3 Å². The lowest BCUT2D eigenvalue weighted by atomic mass is 10.1. The molecule has 0 spiro atoms. The van der Waals surface area contributed by atoms with E-state index < -0.39 is 0 Å². The van der Waals surface area contributed by atoms with Gasteiger partial charge in [0.1, 0.15) is 5.75 Å². The van der Waals surface area contributed by atoms with Gasteiger partial charge in [-0.15, -0.1) is 0 Å². The average Bonchev–Trinajstić information content (AvgIpc) is 3.47. The van der Waals surface area contributed by atoms with E-state index in [1.54, 1.807) is 19.5 Å². The Morgan fingerprint density at radius 3 is 2.72 bits per heavy atom. The summed E-state index contributed by atoms with van der Waals surface area (Å²) < 4.78 is 6.65. The van der Waals surface area contributed by atoms with Crippen molar-refractivity contribution in [3.63, 3.8) is 0 Å². The third kappa shape index (κ3) is 4.92. The molecule has 1 amide bonds. The second-order valence-corrected chi connectivity index (χ2v) is 6.32. The zero-order valence-electron chi connectivity index (χ0n) is 14.4.